The van der Waals surface area contributed by atoms with Crippen LogP contribution in [0.15, 0.2) is 36.4 Å². The van der Waals surface area contributed by atoms with Gasteiger partial charge in [-0.15, -0.1) is 0 Å². The molecule has 0 N–H and O–H groups in total. The molecule has 0 amide bonds. The third kappa shape index (κ3) is 4.30. The maximum Gasteiger partial charge on any atom is 0.0237 e. The van der Waals surface area contributed by atoms with Crippen LogP contribution in [-0.2, 0) is 6.54 Å². The van der Waals surface area contributed by atoms with Crippen LogP contribution in [0, 0.1) is 6.92 Å². The standard InChI is InChI=1S/C14H21N/c1-5-15(10-12(2)3)11-14-8-6-7-13(4)9-14/h6-9H,2,5,10-11H2,1,3-4H3. The van der Waals surface area contributed by atoms with Crippen molar-refractivity contribution in [2.45, 2.75) is 27.3 Å². The Morgan fingerprint density at radius 2 is 2.13 bits per heavy atom. The highest BCUT2D eigenvalue weighted by molar-refractivity contribution is 5.22. The van der Waals surface area contributed by atoms with E-state index in [1.807, 2.05) is 0 Å². The Labute approximate surface area is 93.4 Å². The van der Waals surface area contributed by atoms with Crippen LogP contribution in [0.1, 0.15) is 25.0 Å². The molecule has 0 fully saturated rings. The number of rotatable bonds is 5. The van der Waals surface area contributed by atoms with Crippen molar-refractivity contribution in [2.75, 3.05) is 13.1 Å². The fraction of sp³-hybridized carbons (Fsp3) is 0.429. The number of hydrogen-bond donors (Lipinski definition) is 0. The lowest BCUT2D eigenvalue weighted by Crippen LogP contribution is -2.24. The van der Waals surface area contributed by atoms with Gasteiger partial charge in [0.15, 0.2) is 0 Å². The molecule has 15 heavy (non-hydrogen) atoms. The summed E-state index contributed by atoms with van der Waals surface area (Å²) in [5.74, 6) is 0. The number of likely N-dealkylation sites (N-methyl/N-ethyl adjacent to an activating group) is 1. The Morgan fingerprint density at radius 3 is 2.67 bits per heavy atom. The normalized spacial score (nSPS) is 10.7. The zero-order valence-electron chi connectivity index (χ0n) is 10.1. The minimum atomic E-state index is 0.991. The van der Waals surface area contributed by atoms with Crippen LogP contribution in [0.5, 0.6) is 0 Å². The van der Waals surface area contributed by atoms with Gasteiger partial charge >= 0.3 is 0 Å². The first kappa shape index (κ1) is 12.0. The van der Waals surface area contributed by atoms with Gasteiger partial charge in [0.25, 0.3) is 0 Å². The molecule has 0 aliphatic carbocycles. The minimum absolute atomic E-state index is 0.991. The Kier molecular flexibility index (Phi) is 4.57. The third-order valence-corrected chi connectivity index (χ3v) is 2.43. The van der Waals surface area contributed by atoms with Gasteiger partial charge in [-0.1, -0.05) is 48.9 Å². The van der Waals surface area contributed by atoms with E-state index in [2.05, 4.69) is 56.5 Å². The maximum absolute atomic E-state index is 3.96. The fourth-order valence-electron chi connectivity index (χ4n) is 1.73. The quantitative estimate of drug-likeness (QED) is 0.663. The molecular formula is C14H21N. The number of aryl methyl sites for hydroxylation is 1. The van der Waals surface area contributed by atoms with Crippen LogP contribution >= 0.6 is 0 Å². The summed E-state index contributed by atoms with van der Waals surface area (Å²) in [6, 6.07) is 8.70. The first-order valence-electron chi connectivity index (χ1n) is 5.54. The average Bonchev–Trinajstić information content (AvgIpc) is 2.16. The summed E-state index contributed by atoms with van der Waals surface area (Å²) in [4.78, 5) is 2.40. The smallest absolute Gasteiger partial charge is 0.0237 e. The molecule has 0 bridgehead atoms. The van der Waals surface area contributed by atoms with E-state index in [9.17, 15) is 0 Å². The minimum Gasteiger partial charge on any atom is -0.295 e. The SMILES string of the molecule is C=C(C)CN(CC)Cc1cccc(C)c1. The average molecular weight is 203 g/mol. The Balaban J connectivity index is 2.62. The molecule has 0 atom stereocenters. The molecule has 0 unspecified atom stereocenters. The number of hydrogen-bond acceptors (Lipinski definition) is 1. The van der Waals surface area contributed by atoms with Crippen molar-refractivity contribution in [3.8, 4) is 0 Å². The van der Waals surface area contributed by atoms with E-state index >= 15 is 0 Å². The maximum atomic E-state index is 3.96. The predicted octanol–water partition coefficient (Wildman–Crippen LogP) is 3.39. The third-order valence-electron chi connectivity index (χ3n) is 2.43. The van der Waals surface area contributed by atoms with Crippen molar-refractivity contribution in [1.82, 2.24) is 4.90 Å². The first-order chi connectivity index (χ1) is 7.11. The molecular weight excluding hydrogens is 182 g/mol. The van der Waals surface area contributed by atoms with Gasteiger partial charge in [0, 0.05) is 13.1 Å². The highest BCUT2D eigenvalue weighted by Crippen LogP contribution is 2.08. The topological polar surface area (TPSA) is 3.24 Å². The second-order valence-electron chi connectivity index (χ2n) is 4.25. The highest BCUT2D eigenvalue weighted by atomic mass is 15.1. The van der Waals surface area contributed by atoms with E-state index in [-0.39, 0.29) is 0 Å². The molecule has 0 aliphatic rings. The van der Waals surface area contributed by atoms with Gasteiger partial charge in [-0.3, -0.25) is 4.90 Å². The fourth-order valence-corrected chi connectivity index (χ4v) is 1.73. The van der Waals surface area contributed by atoms with Gasteiger partial charge in [-0.25, -0.2) is 0 Å². The Morgan fingerprint density at radius 1 is 1.40 bits per heavy atom. The number of nitrogens with zero attached hydrogens (tertiary/aromatic N) is 1. The van der Waals surface area contributed by atoms with Gasteiger partial charge < -0.3 is 0 Å². The summed E-state index contributed by atoms with van der Waals surface area (Å²) >= 11 is 0. The molecule has 0 aliphatic heterocycles. The summed E-state index contributed by atoms with van der Waals surface area (Å²) in [6.07, 6.45) is 0. The van der Waals surface area contributed by atoms with Crippen LogP contribution in [0.25, 0.3) is 0 Å². The van der Waals surface area contributed by atoms with E-state index in [0.29, 0.717) is 0 Å². The lowest BCUT2D eigenvalue weighted by Gasteiger charge is -2.20. The molecule has 0 aromatic heterocycles. The van der Waals surface area contributed by atoms with Crippen LogP contribution in [0.3, 0.4) is 0 Å². The lowest BCUT2D eigenvalue weighted by molar-refractivity contribution is 0.304. The molecule has 1 nitrogen and oxygen atoms in total. The number of benzene rings is 1. The zero-order valence-corrected chi connectivity index (χ0v) is 10.1. The molecule has 0 heterocycles. The molecule has 1 heteroatoms. The van der Waals surface area contributed by atoms with E-state index in [1.165, 1.54) is 16.7 Å². The predicted molar refractivity (Wildman–Crippen MR) is 66.9 cm³/mol. The summed E-state index contributed by atoms with van der Waals surface area (Å²) in [5.41, 5.74) is 3.95. The molecule has 0 spiro atoms. The Bertz CT molecular complexity index is 328. The van der Waals surface area contributed by atoms with Crippen LogP contribution in [0.2, 0.25) is 0 Å². The molecule has 82 valence electrons. The van der Waals surface area contributed by atoms with Crippen LogP contribution < -0.4 is 0 Å². The molecule has 0 saturated carbocycles. The monoisotopic (exact) mass is 203 g/mol. The summed E-state index contributed by atoms with van der Waals surface area (Å²) in [5, 5.41) is 0. The van der Waals surface area contributed by atoms with E-state index in [4.69, 9.17) is 0 Å². The van der Waals surface area contributed by atoms with Crippen molar-refractivity contribution in [3.05, 3.63) is 47.5 Å². The second-order valence-corrected chi connectivity index (χ2v) is 4.25. The van der Waals surface area contributed by atoms with Gasteiger partial charge in [0.2, 0.25) is 0 Å². The largest absolute Gasteiger partial charge is 0.295 e. The molecule has 1 rings (SSSR count). The van der Waals surface area contributed by atoms with Crippen LogP contribution in [0.4, 0.5) is 0 Å². The first-order valence-corrected chi connectivity index (χ1v) is 5.54. The van der Waals surface area contributed by atoms with Crippen molar-refractivity contribution in [3.63, 3.8) is 0 Å². The van der Waals surface area contributed by atoms with Crippen molar-refractivity contribution >= 4 is 0 Å². The van der Waals surface area contributed by atoms with Crippen molar-refractivity contribution < 1.29 is 0 Å². The van der Waals surface area contributed by atoms with Gasteiger partial charge in [0.1, 0.15) is 0 Å². The zero-order chi connectivity index (χ0) is 11.3. The molecule has 1 aromatic carbocycles. The molecule has 1 aromatic rings. The van der Waals surface area contributed by atoms with Crippen LogP contribution in [-0.4, -0.2) is 18.0 Å². The van der Waals surface area contributed by atoms with E-state index in [1.54, 1.807) is 0 Å². The summed E-state index contributed by atoms with van der Waals surface area (Å²) in [7, 11) is 0. The van der Waals surface area contributed by atoms with Crippen molar-refractivity contribution in [1.29, 1.82) is 0 Å². The van der Waals surface area contributed by atoms with Gasteiger partial charge in [0.05, 0.1) is 0 Å². The van der Waals surface area contributed by atoms with E-state index in [0.717, 1.165) is 19.6 Å². The highest BCUT2D eigenvalue weighted by Gasteiger charge is 2.03. The Hall–Kier alpha value is -1.08. The second kappa shape index (κ2) is 5.72. The molecule has 0 saturated heterocycles. The van der Waals surface area contributed by atoms with E-state index < -0.39 is 0 Å². The molecule has 0 radical (unpaired) electrons. The van der Waals surface area contributed by atoms with Gasteiger partial charge in [-0.05, 0) is 26.0 Å². The van der Waals surface area contributed by atoms with Gasteiger partial charge in [-0.2, -0.15) is 0 Å². The van der Waals surface area contributed by atoms with Crippen molar-refractivity contribution in [2.24, 2.45) is 0 Å². The summed E-state index contributed by atoms with van der Waals surface area (Å²) < 4.78 is 0. The lowest BCUT2D eigenvalue weighted by atomic mass is 10.1. The summed E-state index contributed by atoms with van der Waals surface area (Å²) in [6.45, 7) is 13.5.